The van der Waals surface area contributed by atoms with Crippen molar-refractivity contribution in [1.29, 1.82) is 0 Å². The monoisotopic (exact) mass is 270 g/mol. The molecule has 0 aliphatic heterocycles. The van der Waals surface area contributed by atoms with Gasteiger partial charge in [-0.3, -0.25) is 4.79 Å². The van der Waals surface area contributed by atoms with Gasteiger partial charge >= 0.3 is 0 Å². The fourth-order valence-corrected chi connectivity index (χ4v) is 2.13. The number of hydrogen-bond acceptors (Lipinski definition) is 2. The average molecular weight is 271 g/mol. The highest BCUT2D eigenvalue weighted by atomic mass is 35.5. The van der Waals surface area contributed by atoms with Crippen LogP contribution in [-0.4, -0.2) is 18.0 Å². The lowest BCUT2D eigenvalue weighted by molar-refractivity contribution is 0.0897. The van der Waals surface area contributed by atoms with E-state index in [-0.39, 0.29) is 16.5 Å². The fraction of sp³-hybridized carbons (Fsp3) is 0.462. The minimum Gasteiger partial charge on any atom is -0.345 e. The van der Waals surface area contributed by atoms with Crippen molar-refractivity contribution >= 4 is 17.5 Å². The molecule has 0 saturated heterocycles. The highest BCUT2D eigenvalue weighted by Gasteiger charge is 2.41. The van der Waals surface area contributed by atoms with Gasteiger partial charge in [-0.2, -0.15) is 0 Å². The quantitative estimate of drug-likeness (QED) is 0.882. The van der Waals surface area contributed by atoms with Gasteiger partial charge in [-0.05, 0) is 43.9 Å². The molecule has 1 unspecified atom stereocenters. The molecular weight excluding hydrogens is 255 g/mol. The Bertz CT molecular complexity index is 476. The molecule has 98 valence electrons. The normalized spacial score (nSPS) is 18.2. The van der Waals surface area contributed by atoms with Gasteiger partial charge in [0.25, 0.3) is 5.91 Å². The van der Waals surface area contributed by atoms with Crippen LogP contribution >= 0.6 is 11.6 Å². The molecule has 3 nitrogen and oxygen atoms in total. The van der Waals surface area contributed by atoms with E-state index in [0.717, 1.165) is 18.9 Å². The summed E-state index contributed by atoms with van der Waals surface area (Å²) in [6.45, 7) is 2.30. The second-order valence-corrected chi connectivity index (χ2v) is 5.39. The highest BCUT2D eigenvalue weighted by Crippen LogP contribution is 2.39. The van der Waals surface area contributed by atoms with E-state index >= 15 is 0 Å². The van der Waals surface area contributed by atoms with Crippen LogP contribution in [0.15, 0.2) is 18.2 Å². The summed E-state index contributed by atoms with van der Waals surface area (Å²) in [6, 6.07) is 4.02. The second-order valence-electron chi connectivity index (χ2n) is 4.98. The van der Waals surface area contributed by atoms with Crippen molar-refractivity contribution in [3.8, 4) is 0 Å². The zero-order valence-corrected chi connectivity index (χ0v) is 10.9. The standard InChI is InChI=1S/C13H16ClFN2O/c1-13(7-16,9-3-4-9)17-12(18)8-2-5-10(14)11(15)6-8/h2,5-6,9H,3-4,7,16H2,1H3,(H,17,18). The predicted molar refractivity (Wildman–Crippen MR) is 69.1 cm³/mol. The van der Waals surface area contributed by atoms with Gasteiger partial charge in [-0.25, -0.2) is 4.39 Å². The Kier molecular flexibility index (Phi) is 3.59. The van der Waals surface area contributed by atoms with Crippen LogP contribution in [0.1, 0.15) is 30.1 Å². The first-order valence-corrected chi connectivity index (χ1v) is 6.32. The summed E-state index contributed by atoms with van der Waals surface area (Å²) in [4.78, 5) is 12.0. The first-order chi connectivity index (χ1) is 8.46. The molecule has 2 rings (SSSR count). The molecule has 1 aromatic carbocycles. The van der Waals surface area contributed by atoms with Crippen molar-refractivity contribution in [3.05, 3.63) is 34.6 Å². The van der Waals surface area contributed by atoms with E-state index in [1.807, 2.05) is 6.92 Å². The summed E-state index contributed by atoms with van der Waals surface area (Å²) < 4.78 is 13.3. The Balaban J connectivity index is 2.13. The summed E-state index contributed by atoms with van der Waals surface area (Å²) in [5, 5.41) is 2.90. The van der Waals surface area contributed by atoms with E-state index in [1.54, 1.807) is 0 Å². The number of carbonyl (C=O) groups is 1. The van der Waals surface area contributed by atoms with E-state index in [0.29, 0.717) is 12.5 Å². The smallest absolute Gasteiger partial charge is 0.251 e. The van der Waals surface area contributed by atoms with Gasteiger partial charge in [0.2, 0.25) is 0 Å². The molecular formula is C13H16ClFN2O. The van der Waals surface area contributed by atoms with Crippen molar-refractivity contribution in [2.24, 2.45) is 11.7 Å². The van der Waals surface area contributed by atoms with Gasteiger partial charge in [-0.15, -0.1) is 0 Å². The maximum Gasteiger partial charge on any atom is 0.251 e. The topological polar surface area (TPSA) is 55.1 Å². The summed E-state index contributed by atoms with van der Waals surface area (Å²) >= 11 is 5.58. The van der Waals surface area contributed by atoms with Crippen molar-refractivity contribution in [3.63, 3.8) is 0 Å². The van der Waals surface area contributed by atoms with Crippen LogP contribution < -0.4 is 11.1 Å². The molecule has 1 aliphatic carbocycles. The molecule has 0 spiro atoms. The predicted octanol–water partition coefficient (Wildman–Crippen LogP) is 2.34. The number of nitrogens with one attached hydrogen (secondary N) is 1. The Morgan fingerprint density at radius 3 is 2.78 bits per heavy atom. The summed E-state index contributed by atoms with van der Waals surface area (Å²) in [7, 11) is 0. The molecule has 0 radical (unpaired) electrons. The summed E-state index contributed by atoms with van der Waals surface area (Å²) in [6.07, 6.45) is 2.14. The largest absolute Gasteiger partial charge is 0.345 e. The summed E-state index contributed by atoms with van der Waals surface area (Å²) in [5.41, 5.74) is 5.57. The van der Waals surface area contributed by atoms with Crippen molar-refractivity contribution in [1.82, 2.24) is 5.32 Å². The lowest BCUT2D eigenvalue weighted by atomic mass is 9.95. The minimum absolute atomic E-state index is 0.00956. The van der Waals surface area contributed by atoms with E-state index in [1.165, 1.54) is 12.1 Å². The third kappa shape index (κ3) is 2.65. The molecule has 3 N–H and O–H groups in total. The van der Waals surface area contributed by atoms with Gasteiger partial charge < -0.3 is 11.1 Å². The third-order valence-corrected chi connectivity index (χ3v) is 3.79. The van der Waals surface area contributed by atoms with Gasteiger partial charge in [0, 0.05) is 12.1 Å². The van der Waals surface area contributed by atoms with Crippen LogP contribution in [0.2, 0.25) is 5.02 Å². The molecule has 1 saturated carbocycles. The van der Waals surface area contributed by atoms with Crippen LogP contribution in [-0.2, 0) is 0 Å². The molecule has 1 fully saturated rings. The number of hydrogen-bond donors (Lipinski definition) is 2. The van der Waals surface area contributed by atoms with Crippen LogP contribution in [0, 0.1) is 11.7 Å². The van der Waals surface area contributed by atoms with Gasteiger partial charge in [0.05, 0.1) is 10.6 Å². The van der Waals surface area contributed by atoms with Crippen LogP contribution in [0.5, 0.6) is 0 Å². The van der Waals surface area contributed by atoms with E-state index in [2.05, 4.69) is 5.32 Å². The number of halogens is 2. The number of amides is 1. The molecule has 1 aliphatic rings. The molecule has 1 amide bonds. The lowest BCUT2D eigenvalue weighted by Gasteiger charge is -2.29. The first-order valence-electron chi connectivity index (χ1n) is 5.94. The SMILES string of the molecule is CC(CN)(NC(=O)c1ccc(Cl)c(F)c1)C1CC1. The zero-order chi connectivity index (χ0) is 13.3. The number of benzene rings is 1. The fourth-order valence-electron chi connectivity index (χ4n) is 2.01. The van der Waals surface area contributed by atoms with Crippen molar-refractivity contribution < 1.29 is 9.18 Å². The van der Waals surface area contributed by atoms with Gasteiger partial charge in [0.1, 0.15) is 5.82 Å². The van der Waals surface area contributed by atoms with Gasteiger partial charge in [-0.1, -0.05) is 11.6 Å². The Labute approximate surface area is 111 Å². The second kappa shape index (κ2) is 4.86. The van der Waals surface area contributed by atoms with E-state index in [9.17, 15) is 9.18 Å². The Hall–Kier alpha value is -1.13. The molecule has 0 bridgehead atoms. The van der Waals surface area contributed by atoms with Crippen LogP contribution in [0.4, 0.5) is 4.39 Å². The summed E-state index contributed by atoms with van der Waals surface area (Å²) in [5.74, 6) is -0.487. The Morgan fingerprint density at radius 2 is 2.28 bits per heavy atom. The number of nitrogens with two attached hydrogens (primary N) is 1. The van der Waals surface area contributed by atoms with Crippen LogP contribution in [0.3, 0.4) is 0 Å². The number of carbonyl (C=O) groups excluding carboxylic acids is 1. The number of rotatable bonds is 4. The van der Waals surface area contributed by atoms with E-state index in [4.69, 9.17) is 17.3 Å². The third-order valence-electron chi connectivity index (χ3n) is 3.48. The highest BCUT2D eigenvalue weighted by molar-refractivity contribution is 6.30. The molecule has 0 aromatic heterocycles. The Morgan fingerprint density at radius 1 is 1.61 bits per heavy atom. The van der Waals surface area contributed by atoms with E-state index < -0.39 is 11.4 Å². The molecule has 1 atom stereocenters. The maximum absolute atomic E-state index is 13.3. The van der Waals surface area contributed by atoms with Gasteiger partial charge in [0.15, 0.2) is 0 Å². The minimum atomic E-state index is -0.592. The first kappa shape index (κ1) is 13.3. The lowest BCUT2D eigenvalue weighted by Crippen LogP contribution is -2.53. The van der Waals surface area contributed by atoms with Crippen molar-refractivity contribution in [2.75, 3.05) is 6.54 Å². The van der Waals surface area contributed by atoms with Crippen molar-refractivity contribution in [2.45, 2.75) is 25.3 Å². The maximum atomic E-state index is 13.3. The molecule has 0 heterocycles. The molecule has 5 heteroatoms. The zero-order valence-electron chi connectivity index (χ0n) is 10.2. The average Bonchev–Trinajstić information content (AvgIpc) is 3.16. The van der Waals surface area contributed by atoms with Crippen LogP contribution in [0.25, 0.3) is 0 Å². The molecule has 18 heavy (non-hydrogen) atoms. The molecule has 1 aromatic rings.